The first kappa shape index (κ1) is 26.0. The van der Waals surface area contributed by atoms with Crippen LogP contribution in [0, 0.1) is 10.1 Å². The Bertz CT molecular complexity index is 1270. The number of nitrogens with zero attached hydrogens (tertiary/aromatic N) is 2. The van der Waals surface area contributed by atoms with E-state index in [0.717, 1.165) is 5.56 Å². The number of carbonyl (C=O) groups excluding carboxylic acids is 1. The second-order valence-corrected chi connectivity index (χ2v) is 9.07. The van der Waals surface area contributed by atoms with Gasteiger partial charge < -0.3 is 9.47 Å². The molecule has 0 radical (unpaired) electrons. The van der Waals surface area contributed by atoms with Crippen molar-refractivity contribution in [3.8, 4) is 11.5 Å². The van der Waals surface area contributed by atoms with E-state index in [9.17, 15) is 14.9 Å². The van der Waals surface area contributed by atoms with Crippen molar-refractivity contribution in [1.29, 1.82) is 0 Å². The van der Waals surface area contributed by atoms with Crippen LogP contribution in [-0.2, 0) is 6.61 Å². The van der Waals surface area contributed by atoms with Gasteiger partial charge in [-0.15, -0.1) is 0 Å². The lowest BCUT2D eigenvalue weighted by Crippen LogP contribution is -2.17. The molecule has 0 saturated carbocycles. The average molecular weight is 632 g/mol. The van der Waals surface area contributed by atoms with Crippen LogP contribution in [0.4, 0.5) is 5.69 Å². The monoisotopic (exact) mass is 629 g/mol. The van der Waals surface area contributed by atoms with E-state index in [0.29, 0.717) is 36.1 Å². The lowest BCUT2D eigenvalue weighted by atomic mass is 10.2. The highest BCUT2D eigenvalue weighted by molar-refractivity contribution is 9.13. The molecule has 0 aromatic heterocycles. The third-order valence-electron chi connectivity index (χ3n) is 4.45. The molecule has 1 N–H and O–H groups in total. The molecule has 0 atom stereocenters. The number of hydrogen-bond acceptors (Lipinski definition) is 6. The number of nitrogens with one attached hydrogen (secondary N) is 1. The van der Waals surface area contributed by atoms with Gasteiger partial charge in [0.15, 0.2) is 11.5 Å². The Labute approximate surface area is 221 Å². The van der Waals surface area contributed by atoms with E-state index < -0.39 is 10.8 Å². The zero-order valence-electron chi connectivity index (χ0n) is 17.4. The van der Waals surface area contributed by atoms with Crippen molar-refractivity contribution in [3.05, 3.63) is 94.3 Å². The number of hydrogen-bond donors (Lipinski definition) is 1. The van der Waals surface area contributed by atoms with E-state index in [1.165, 1.54) is 37.6 Å². The summed E-state index contributed by atoms with van der Waals surface area (Å²) in [6.07, 6.45) is 1.42. The highest BCUT2D eigenvalue weighted by Crippen LogP contribution is 2.42. The highest BCUT2D eigenvalue weighted by atomic mass is 79.9. The number of hydrazone groups is 1. The van der Waals surface area contributed by atoms with Crippen molar-refractivity contribution in [2.75, 3.05) is 7.11 Å². The molecule has 0 unspecified atom stereocenters. The summed E-state index contributed by atoms with van der Waals surface area (Å²) < 4.78 is 12.6. The Morgan fingerprint density at radius 3 is 2.44 bits per heavy atom. The largest absolute Gasteiger partial charge is 0.493 e. The van der Waals surface area contributed by atoms with Crippen LogP contribution < -0.4 is 14.9 Å². The molecule has 176 valence electrons. The standard InChI is InChI=1S/C22H15Br2Cl2N3O5/c1-33-18-9-14(10-27-28-22(30)13-3-5-15(6-4-13)29(31)32)19(23)20(24)21(18)34-11-12-2-7-16(25)17(26)8-12/h2-10H,11H2,1H3,(H,28,30)/b27-10-. The normalized spacial score (nSPS) is 10.9. The van der Waals surface area contributed by atoms with Crippen LogP contribution in [0.2, 0.25) is 10.0 Å². The number of methoxy groups -OCH3 is 1. The van der Waals surface area contributed by atoms with Gasteiger partial charge in [0.05, 0.1) is 32.8 Å². The molecule has 8 nitrogen and oxygen atoms in total. The maximum Gasteiger partial charge on any atom is 0.271 e. The van der Waals surface area contributed by atoms with Crippen molar-refractivity contribution in [1.82, 2.24) is 5.43 Å². The minimum absolute atomic E-state index is 0.109. The van der Waals surface area contributed by atoms with Crippen LogP contribution >= 0.6 is 55.1 Å². The smallest absolute Gasteiger partial charge is 0.271 e. The Kier molecular flexibility index (Phi) is 8.90. The van der Waals surface area contributed by atoms with E-state index in [2.05, 4.69) is 42.4 Å². The number of carbonyl (C=O) groups is 1. The van der Waals surface area contributed by atoms with E-state index in [4.69, 9.17) is 32.7 Å². The number of rotatable bonds is 8. The van der Waals surface area contributed by atoms with E-state index in [-0.39, 0.29) is 17.9 Å². The first-order valence-corrected chi connectivity index (χ1v) is 11.8. The lowest BCUT2D eigenvalue weighted by Gasteiger charge is -2.15. The Balaban J connectivity index is 1.74. The first-order chi connectivity index (χ1) is 16.2. The Morgan fingerprint density at radius 1 is 1.12 bits per heavy atom. The molecule has 3 aromatic carbocycles. The Hall–Kier alpha value is -2.66. The molecular weight excluding hydrogens is 617 g/mol. The quantitative estimate of drug-likeness (QED) is 0.168. The number of amides is 1. The summed E-state index contributed by atoms with van der Waals surface area (Å²) in [5.41, 5.74) is 3.91. The zero-order chi connectivity index (χ0) is 24.8. The van der Waals surface area contributed by atoms with Gasteiger partial charge in [0.1, 0.15) is 6.61 Å². The molecule has 0 bridgehead atoms. The second kappa shape index (κ2) is 11.7. The summed E-state index contributed by atoms with van der Waals surface area (Å²) >= 11 is 19.0. The molecule has 34 heavy (non-hydrogen) atoms. The average Bonchev–Trinajstić information content (AvgIpc) is 2.83. The maximum atomic E-state index is 12.2. The first-order valence-electron chi connectivity index (χ1n) is 9.41. The molecule has 0 spiro atoms. The summed E-state index contributed by atoms with van der Waals surface area (Å²) in [6.45, 7) is 0.219. The van der Waals surface area contributed by atoms with Crippen molar-refractivity contribution >= 4 is 72.9 Å². The summed E-state index contributed by atoms with van der Waals surface area (Å²) in [5.74, 6) is 0.362. The van der Waals surface area contributed by atoms with Crippen LogP contribution in [0.1, 0.15) is 21.5 Å². The molecule has 0 heterocycles. The molecular formula is C22H15Br2Cl2N3O5. The van der Waals surface area contributed by atoms with Gasteiger partial charge in [-0.05, 0) is 67.8 Å². The van der Waals surface area contributed by atoms with E-state index in [1.807, 2.05) is 0 Å². The number of halogens is 4. The molecule has 3 aromatic rings. The topological polar surface area (TPSA) is 103 Å². The van der Waals surface area contributed by atoms with Crippen LogP contribution in [0.25, 0.3) is 0 Å². The van der Waals surface area contributed by atoms with Crippen molar-refractivity contribution in [2.45, 2.75) is 6.61 Å². The molecule has 0 fully saturated rings. The number of benzene rings is 3. The van der Waals surface area contributed by atoms with Crippen LogP contribution in [0.5, 0.6) is 11.5 Å². The van der Waals surface area contributed by atoms with Gasteiger partial charge in [0.25, 0.3) is 11.6 Å². The lowest BCUT2D eigenvalue weighted by molar-refractivity contribution is -0.384. The zero-order valence-corrected chi connectivity index (χ0v) is 22.0. The molecule has 0 aliphatic carbocycles. The van der Waals surface area contributed by atoms with Gasteiger partial charge >= 0.3 is 0 Å². The molecule has 0 saturated heterocycles. The van der Waals surface area contributed by atoms with Crippen LogP contribution in [0.3, 0.4) is 0 Å². The highest BCUT2D eigenvalue weighted by Gasteiger charge is 2.17. The third-order valence-corrected chi connectivity index (χ3v) is 7.34. The predicted molar refractivity (Wildman–Crippen MR) is 137 cm³/mol. The van der Waals surface area contributed by atoms with Gasteiger partial charge in [-0.2, -0.15) is 5.10 Å². The van der Waals surface area contributed by atoms with Gasteiger partial charge in [-0.3, -0.25) is 14.9 Å². The van der Waals surface area contributed by atoms with Crippen molar-refractivity contribution in [2.24, 2.45) is 5.10 Å². The third kappa shape index (κ3) is 6.26. The van der Waals surface area contributed by atoms with Gasteiger partial charge in [0.2, 0.25) is 0 Å². The van der Waals surface area contributed by atoms with Crippen LogP contribution in [-0.4, -0.2) is 24.2 Å². The molecule has 3 rings (SSSR count). The fourth-order valence-electron chi connectivity index (χ4n) is 2.73. The Morgan fingerprint density at radius 2 is 1.82 bits per heavy atom. The second-order valence-electron chi connectivity index (χ2n) is 6.67. The van der Waals surface area contributed by atoms with Crippen molar-refractivity contribution < 1.29 is 19.2 Å². The summed E-state index contributed by atoms with van der Waals surface area (Å²) in [7, 11) is 1.50. The minimum atomic E-state index is -0.541. The van der Waals surface area contributed by atoms with Crippen molar-refractivity contribution in [3.63, 3.8) is 0 Å². The van der Waals surface area contributed by atoms with E-state index in [1.54, 1.807) is 24.3 Å². The molecule has 1 amide bonds. The fraction of sp³-hybridized carbons (Fsp3) is 0.0909. The summed E-state index contributed by atoms with van der Waals surface area (Å²) in [6, 6.07) is 12.1. The number of nitro groups is 1. The molecule has 0 aliphatic heterocycles. The maximum absolute atomic E-state index is 12.2. The SMILES string of the molecule is COc1cc(/C=N\NC(=O)c2ccc([N+](=O)[O-])cc2)c(Br)c(Br)c1OCc1ccc(Cl)c(Cl)c1. The predicted octanol–water partition coefficient (Wildman–Crippen LogP) is 6.78. The van der Waals surface area contributed by atoms with Gasteiger partial charge in [-0.1, -0.05) is 29.3 Å². The fourth-order valence-corrected chi connectivity index (χ4v) is 3.99. The summed E-state index contributed by atoms with van der Waals surface area (Å²) in [4.78, 5) is 22.4. The molecule has 0 aliphatic rings. The number of nitro benzene ring substituents is 1. The molecule has 12 heteroatoms. The van der Waals surface area contributed by atoms with Gasteiger partial charge in [-0.25, -0.2) is 5.43 Å². The summed E-state index contributed by atoms with van der Waals surface area (Å²) in [5, 5.41) is 15.6. The van der Waals surface area contributed by atoms with E-state index >= 15 is 0 Å². The minimum Gasteiger partial charge on any atom is -0.493 e. The number of ether oxygens (including phenoxy) is 2. The van der Waals surface area contributed by atoms with Gasteiger partial charge in [0, 0.05) is 27.7 Å². The number of non-ortho nitro benzene ring substituents is 1. The van der Waals surface area contributed by atoms with Crippen LogP contribution in [0.15, 0.2) is 62.6 Å².